The van der Waals surface area contributed by atoms with Crippen molar-refractivity contribution in [2.45, 2.75) is 25.9 Å². The Morgan fingerprint density at radius 2 is 1.25 bits per heavy atom. The van der Waals surface area contributed by atoms with Crippen molar-refractivity contribution >= 4 is 0 Å². The van der Waals surface area contributed by atoms with Crippen LogP contribution in [0, 0.1) is 0 Å². The highest BCUT2D eigenvalue weighted by Crippen LogP contribution is 2.08. The first-order chi connectivity index (χ1) is 9.77. The maximum atomic E-state index is 4.35. The predicted octanol–water partition coefficient (Wildman–Crippen LogP) is 2.48. The van der Waals surface area contributed by atoms with Gasteiger partial charge in [-0.1, -0.05) is 12.1 Å². The van der Waals surface area contributed by atoms with Gasteiger partial charge in [-0.2, -0.15) is 0 Å². The molecule has 2 N–H and O–H groups in total. The highest BCUT2D eigenvalue weighted by Gasteiger charge is 2.07. The number of hydrogen-bond donors (Lipinski definition) is 2. The van der Waals surface area contributed by atoms with Crippen molar-refractivity contribution in [2.75, 3.05) is 13.1 Å². The molecule has 0 spiro atoms. The van der Waals surface area contributed by atoms with E-state index in [9.17, 15) is 0 Å². The van der Waals surface area contributed by atoms with Crippen LogP contribution in [0.4, 0.5) is 0 Å². The number of aromatic nitrogens is 2. The maximum absolute atomic E-state index is 4.35. The third kappa shape index (κ3) is 4.40. The predicted molar refractivity (Wildman–Crippen MR) is 81.3 cm³/mol. The molecule has 2 unspecified atom stereocenters. The monoisotopic (exact) mass is 270 g/mol. The zero-order valence-corrected chi connectivity index (χ0v) is 12.1. The second-order valence-electron chi connectivity index (χ2n) is 4.86. The van der Waals surface area contributed by atoms with Crippen LogP contribution in [0.15, 0.2) is 48.8 Å². The van der Waals surface area contributed by atoms with Gasteiger partial charge < -0.3 is 10.6 Å². The van der Waals surface area contributed by atoms with Crippen molar-refractivity contribution in [3.8, 4) is 0 Å². The highest BCUT2D eigenvalue weighted by molar-refractivity contribution is 5.08. The summed E-state index contributed by atoms with van der Waals surface area (Å²) in [4.78, 5) is 8.69. The van der Waals surface area contributed by atoms with Crippen molar-refractivity contribution in [2.24, 2.45) is 0 Å². The van der Waals surface area contributed by atoms with Gasteiger partial charge in [-0.15, -0.1) is 0 Å². The third-order valence-electron chi connectivity index (χ3n) is 3.29. The Morgan fingerprint density at radius 1 is 0.800 bits per heavy atom. The summed E-state index contributed by atoms with van der Waals surface area (Å²) in [6.45, 7) is 6.05. The fourth-order valence-corrected chi connectivity index (χ4v) is 2.05. The Labute approximate surface area is 120 Å². The molecule has 2 aromatic heterocycles. The van der Waals surface area contributed by atoms with Gasteiger partial charge in [0, 0.05) is 37.6 Å². The Bertz CT molecular complexity index is 439. The number of rotatable bonds is 7. The third-order valence-corrected chi connectivity index (χ3v) is 3.29. The van der Waals surface area contributed by atoms with Crippen LogP contribution in [0.2, 0.25) is 0 Å². The van der Waals surface area contributed by atoms with Crippen LogP contribution in [0.5, 0.6) is 0 Å². The molecule has 0 aliphatic carbocycles. The average molecular weight is 270 g/mol. The topological polar surface area (TPSA) is 49.8 Å². The first-order valence-electron chi connectivity index (χ1n) is 7.06. The van der Waals surface area contributed by atoms with Gasteiger partial charge in [0.1, 0.15) is 0 Å². The molecule has 2 rings (SSSR count). The minimum atomic E-state index is 0.267. The zero-order chi connectivity index (χ0) is 14.2. The van der Waals surface area contributed by atoms with Crippen LogP contribution < -0.4 is 10.6 Å². The first-order valence-corrected chi connectivity index (χ1v) is 7.06. The Kier molecular flexibility index (Phi) is 5.65. The van der Waals surface area contributed by atoms with Gasteiger partial charge in [0.15, 0.2) is 0 Å². The summed E-state index contributed by atoms with van der Waals surface area (Å²) >= 11 is 0. The van der Waals surface area contributed by atoms with E-state index in [1.807, 2.05) is 48.8 Å². The minimum absolute atomic E-state index is 0.267. The Balaban J connectivity index is 1.69. The molecule has 0 aromatic carbocycles. The average Bonchev–Trinajstić information content (AvgIpc) is 2.53. The lowest BCUT2D eigenvalue weighted by molar-refractivity contribution is 0.501. The lowest BCUT2D eigenvalue weighted by atomic mass is 10.2. The van der Waals surface area contributed by atoms with E-state index < -0.39 is 0 Å². The molecule has 0 amide bonds. The molecular formula is C16H22N4. The lowest BCUT2D eigenvalue weighted by Gasteiger charge is -2.16. The van der Waals surface area contributed by atoms with Crippen LogP contribution in [0.25, 0.3) is 0 Å². The lowest BCUT2D eigenvalue weighted by Crippen LogP contribution is -2.31. The van der Waals surface area contributed by atoms with Gasteiger partial charge >= 0.3 is 0 Å². The molecular weight excluding hydrogens is 248 g/mol. The van der Waals surface area contributed by atoms with Crippen molar-refractivity contribution in [1.29, 1.82) is 0 Å². The van der Waals surface area contributed by atoms with Gasteiger partial charge in [-0.3, -0.25) is 9.97 Å². The Hall–Kier alpha value is -1.78. The summed E-state index contributed by atoms with van der Waals surface area (Å²) in [6.07, 6.45) is 3.66. The summed E-state index contributed by atoms with van der Waals surface area (Å²) in [5.74, 6) is 0. The second kappa shape index (κ2) is 7.72. The number of nitrogens with zero attached hydrogens (tertiary/aromatic N) is 2. The van der Waals surface area contributed by atoms with Gasteiger partial charge in [0.05, 0.1) is 11.4 Å². The highest BCUT2D eigenvalue weighted by atomic mass is 15.0. The van der Waals surface area contributed by atoms with E-state index in [0.717, 1.165) is 24.5 Å². The molecule has 0 aliphatic rings. The van der Waals surface area contributed by atoms with Crippen LogP contribution in [0.3, 0.4) is 0 Å². The molecule has 2 aromatic rings. The fraction of sp³-hybridized carbons (Fsp3) is 0.375. The molecule has 0 saturated carbocycles. The van der Waals surface area contributed by atoms with E-state index in [-0.39, 0.29) is 12.1 Å². The maximum Gasteiger partial charge on any atom is 0.0570 e. The Morgan fingerprint density at radius 3 is 1.60 bits per heavy atom. The molecule has 0 fully saturated rings. The van der Waals surface area contributed by atoms with Crippen LogP contribution in [0.1, 0.15) is 37.3 Å². The summed E-state index contributed by atoms with van der Waals surface area (Å²) in [5, 5.41) is 6.92. The van der Waals surface area contributed by atoms with Crippen LogP contribution in [-0.2, 0) is 0 Å². The van der Waals surface area contributed by atoms with Crippen molar-refractivity contribution in [3.63, 3.8) is 0 Å². The molecule has 2 heterocycles. The van der Waals surface area contributed by atoms with Gasteiger partial charge in [0.2, 0.25) is 0 Å². The van der Waals surface area contributed by atoms with Crippen molar-refractivity contribution in [1.82, 2.24) is 20.6 Å². The standard InChI is InChI=1S/C16H22N4/c1-13(15-7-3-5-9-19-15)17-11-12-18-14(2)16-8-4-6-10-20-16/h3-10,13-14,17-18H,11-12H2,1-2H3. The van der Waals surface area contributed by atoms with E-state index in [1.54, 1.807) is 0 Å². The van der Waals surface area contributed by atoms with E-state index in [1.165, 1.54) is 0 Å². The SMILES string of the molecule is CC(NCCNC(C)c1ccccn1)c1ccccn1. The molecule has 0 radical (unpaired) electrons. The van der Waals surface area contributed by atoms with Crippen molar-refractivity contribution < 1.29 is 0 Å². The minimum Gasteiger partial charge on any atom is -0.308 e. The summed E-state index contributed by atoms with van der Waals surface area (Å²) in [6, 6.07) is 12.5. The normalized spacial score (nSPS) is 13.9. The smallest absolute Gasteiger partial charge is 0.0570 e. The van der Waals surface area contributed by atoms with Crippen LogP contribution >= 0.6 is 0 Å². The van der Waals surface area contributed by atoms with E-state index in [4.69, 9.17) is 0 Å². The van der Waals surface area contributed by atoms with Gasteiger partial charge in [0.25, 0.3) is 0 Å². The van der Waals surface area contributed by atoms with Gasteiger partial charge in [-0.25, -0.2) is 0 Å². The summed E-state index contributed by atoms with van der Waals surface area (Å²) < 4.78 is 0. The molecule has 0 aliphatic heterocycles. The fourth-order valence-electron chi connectivity index (χ4n) is 2.05. The number of nitrogens with one attached hydrogen (secondary N) is 2. The number of pyridine rings is 2. The van der Waals surface area contributed by atoms with E-state index in [2.05, 4.69) is 34.4 Å². The van der Waals surface area contributed by atoms with Gasteiger partial charge in [-0.05, 0) is 38.1 Å². The number of hydrogen-bond acceptors (Lipinski definition) is 4. The molecule has 106 valence electrons. The molecule has 0 saturated heterocycles. The largest absolute Gasteiger partial charge is 0.308 e. The summed E-state index contributed by atoms with van der Waals surface area (Å²) in [5.41, 5.74) is 2.15. The molecule has 4 nitrogen and oxygen atoms in total. The molecule has 0 bridgehead atoms. The molecule has 20 heavy (non-hydrogen) atoms. The molecule has 4 heteroatoms. The zero-order valence-electron chi connectivity index (χ0n) is 12.1. The first kappa shape index (κ1) is 14.6. The molecule has 2 atom stereocenters. The summed E-state index contributed by atoms with van der Waals surface area (Å²) in [7, 11) is 0. The quantitative estimate of drug-likeness (QED) is 0.759. The van der Waals surface area contributed by atoms with E-state index in [0.29, 0.717) is 0 Å². The van der Waals surface area contributed by atoms with Crippen molar-refractivity contribution in [3.05, 3.63) is 60.2 Å². The van der Waals surface area contributed by atoms with Crippen LogP contribution in [-0.4, -0.2) is 23.1 Å². The van der Waals surface area contributed by atoms with E-state index >= 15 is 0 Å². The second-order valence-corrected chi connectivity index (χ2v) is 4.86.